The van der Waals surface area contributed by atoms with E-state index in [1.165, 1.54) is 0 Å². The van der Waals surface area contributed by atoms with Crippen molar-refractivity contribution in [3.8, 4) is 0 Å². The van der Waals surface area contributed by atoms with Gasteiger partial charge < -0.3 is 15.1 Å². The van der Waals surface area contributed by atoms with Crippen molar-refractivity contribution in [3.05, 3.63) is 64.8 Å². The standard InChI is InChI=1S/C28H30ClN5O2/c1-18(20-5-7-21(29)8-6-20)16-26(35)31-22-9-10-25-24(17-22)19(2)30-28(32-25)33-14-11-23(12-15-33)34-13-3-4-27(34)36/h5-10,16-17,23H,3-4,11-15H2,1-2H3,(H,31,35)/b18-16+. The highest BCUT2D eigenvalue weighted by atomic mass is 35.5. The quantitative estimate of drug-likeness (QED) is 0.483. The maximum absolute atomic E-state index is 12.6. The highest BCUT2D eigenvalue weighted by molar-refractivity contribution is 6.30. The first kappa shape index (κ1) is 24.3. The number of benzene rings is 2. The lowest BCUT2D eigenvalue weighted by molar-refractivity contribution is -0.130. The molecule has 0 saturated carbocycles. The second kappa shape index (κ2) is 10.3. The molecule has 0 unspecified atom stereocenters. The van der Waals surface area contributed by atoms with Gasteiger partial charge in [0.25, 0.3) is 0 Å². The zero-order valence-corrected chi connectivity index (χ0v) is 21.4. The van der Waals surface area contributed by atoms with Gasteiger partial charge in [-0.1, -0.05) is 23.7 Å². The van der Waals surface area contributed by atoms with E-state index >= 15 is 0 Å². The van der Waals surface area contributed by atoms with Gasteiger partial charge in [-0.25, -0.2) is 9.97 Å². The maximum Gasteiger partial charge on any atom is 0.248 e. The number of rotatable bonds is 5. The lowest BCUT2D eigenvalue weighted by Gasteiger charge is -2.36. The molecule has 7 nitrogen and oxygen atoms in total. The van der Waals surface area contributed by atoms with Crippen LogP contribution in [0.2, 0.25) is 5.02 Å². The molecule has 8 heteroatoms. The number of hydrogen-bond donors (Lipinski definition) is 1. The second-order valence-electron chi connectivity index (χ2n) is 9.57. The SMILES string of the molecule is C/C(=C\C(=O)Nc1ccc2nc(N3CCC(N4CCCC4=O)CC3)nc(C)c2c1)c1ccc(Cl)cc1. The highest BCUT2D eigenvalue weighted by Gasteiger charge is 2.31. The molecule has 2 aliphatic rings. The summed E-state index contributed by atoms with van der Waals surface area (Å²) in [7, 11) is 0. The van der Waals surface area contributed by atoms with Crippen LogP contribution in [0.15, 0.2) is 48.5 Å². The predicted octanol–water partition coefficient (Wildman–Crippen LogP) is 5.22. The molecule has 0 radical (unpaired) electrons. The van der Waals surface area contributed by atoms with Gasteiger partial charge in [-0.15, -0.1) is 0 Å². The molecule has 0 aliphatic carbocycles. The summed E-state index contributed by atoms with van der Waals surface area (Å²) in [6.45, 7) is 6.44. The fraction of sp³-hybridized carbons (Fsp3) is 0.357. The smallest absolute Gasteiger partial charge is 0.248 e. The van der Waals surface area contributed by atoms with E-state index in [0.29, 0.717) is 29.1 Å². The van der Waals surface area contributed by atoms with Gasteiger partial charge in [0, 0.05) is 54.3 Å². The van der Waals surface area contributed by atoms with Crippen molar-refractivity contribution in [2.24, 2.45) is 0 Å². The monoisotopic (exact) mass is 503 g/mol. The summed E-state index contributed by atoms with van der Waals surface area (Å²) in [5.74, 6) is 0.825. The van der Waals surface area contributed by atoms with E-state index in [1.807, 2.05) is 56.3 Å². The summed E-state index contributed by atoms with van der Waals surface area (Å²) in [5, 5.41) is 4.52. The number of aryl methyl sites for hydroxylation is 1. The number of halogens is 1. The average molecular weight is 504 g/mol. The Morgan fingerprint density at radius 2 is 1.83 bits per heavy atom. The van der Waals surface area contributed by atoms with Gasteiger partial charge in [-0.3, -0.25) is 9.59 Å². The molecule has 0 atom stereocenters. The van der Waals surface area contributed by atoms with Crippen LogP contribution in [0.3, 0.4) is 0 Å². The Balaban J connectivity index is 1.27. The minimum atomic E-state index is -0.198. The van der Waals surface area contributed by atoms with Crippen LogP contribution in [0.25, 0.3) is 16.5 Å². The fourth-order valence-electron chi connectivity index (χ4n) is 5.09. The number of nitrogens with zero attached hydrogens (tertiary/aromatic N) is 4. The molecular weight excluding hydrogens is 474 g/mol. The summed E-state index contributed by atoms with van der Waals surface area (Å²) in [6.07, 6.45) is 5.14. The number of nitrogens with one attached hydrogen (secondary N) is 1. The summed E-state index contributed by atoms with van der Waals surface area (Å²) >= 11 is 5.95. The lowest BCUT2D eigenvalue weighted by atomic mass is 10.0. The van der Waals surface area contributed by atoms with E-state index < -0.39 is 0 Å². The summed E-state index contributed by atoms with van der Waals surface area (Å²) in [4.78, 5) is 38.6. The number of aromatic nitrogens is 2. The number of likely N-dealkylation sites (tertiary alicyclic amines) is 1. The number of fused-ring (bicyclic) bond motifs is 1. The number of carbonyl (C=O) groups is 2. The van der Waals surface area contributed by atoms with Crippen molar-refractivity contribution in [3.63, 3.8) is 0 Å². The molecule has 0 bridgehead atoms. The summed E-state index contributed by atoms with van der Waals surface area (Å²) < 4.78 is 0. The van der Waals surface area contributed by atoms with Gasteiger partial charge >= 0.3 is 0 Å². The van der Waals surface area contributed by atoms with Crippen molar-refractivity contribution in [2.75, 3.05) is 29.9 Å². The number of allylic oxidation sites excluding steroid dienone is 1. The van der Waals surface area contributed by atoms with Gasteiger partial charge in [0.05, 0.1) is 11.2 Å². The molecule has 2 aliphatic heterocycles. The maximum atomic E-state index is 12.6. The van der Waals surface area contributed by atoms with Crippen LogP contribution < -0.4 is 10.2 Å². The lowest BCUT2D eigenvalue weighted by Crippen LogP contribution is -2.45. The first-order chi connectivity index (χ1) is 17.4. The van der Waals surface area contributed by atoms with Crippen molar-refractivity contribution in [1.82, 2.24) is 14.9 Å². The van der Waals surface area contributed by atoms with Crippen molar-refractivity contribution in [1.29, 1.82) is 0 Å². The Hall–Kier alpha value is -3.45. The van der Waals surface area contributed by atoms with Crippen LogP contribution in [-0.4, -0.2) is 52.4 Å². The number of hydrogen-bond acceptors (Lipinski definition) is 5. The molecule has 3 heterocycles. The molecule has 1 N–H and O–H groups in total. The fourth-order valence-corrected chi connectivity index (χ4v) is 5.22. The van der Waals surface area contributed by atoms with Crippen LogP contribution in [-0.2, 0) is 9.59 Å². The van der Waals surface area contributed by atoms with Crippen LogP contribution >= 0.6 is 11.6 Å². The molecule has 36 heavy (non-hydrogen) atoms. The third kappa shape index (κ3) is 5.21. The third-order valence-corrected chi connectivity index (χ3v) is 7.34. The van der Waals surface area contributed by atoms with Crippen molar-refractivity contribution in [2.45, 2.75) is 45.6 Å². The average Bonchev–Trinajstić information content (AvgIpc) is 3.30. The number of piperidine rings is 1. The van der Waals surface area contributed by atoms with Crippen LogP contribution in [0.5, 0.6) is 0 Å². The predicted molar refractivity (Wildman–Crippen MR) is 144 cm³/mol. The first-order valence-electron chi connectivity index (χ1n) is 12.5. The molecule has 186 valence electrons. The van der Waals surface area contributed by atoms with Crippen LogP contribution in [0, 0.1) is 6.92 Å². The molecule has 2 amide bonds. The Morgan fingerprint density at radius 1 is 1.08 bits per heavy atom. The molecule has 3 aromatic rings. The van der Waals surface area contributed by atoms with Crippen LogP contribution in [0.1, 0.15) is 43.9 Å². The van der Waals surface area contributed by atoms with E-state index in [9.17, 15) is 9.59 Å². The van der Waals surface area contributed by atoms with E-state index in [2.05, 4.69) is 15.1 Å². The number of carbonyl (C=O) groups excluding carboxylic acids is 2. The van der Waals surface area contributed by atoms with Gasteiger partial charge in [-0.05, 0) is 74.6 Å². The molecule has 2 aromatic carbocycles. The minimum absolute atomic E-state index is 0.198. The van der Waals surface area contributed by atoms with Crippen LogP contribution in [0.4, 0.5) is 11.6 Å². The number of amides is 2. The second-order valence-corrected chi connectivity index (χ2v) is 10.0. The topological polar surface area (TPSA) is 78.4 Å². The van der Waals surface area contributed by atoms with E-state index in [-0.39, 0.29) is 5.91 Å². The zero-order chi connectivity index (χ0) is 25.2. The van der Waals surface area contributed by atoms with Crippen molar-refractivity contribution < 1.29 is 9.59 Å². The van der Waals surface area contributed by atoms with E-state index in [4.69, 9.17) is 21.6 Å². The van der Waals surface area contributed by atoms with Crippen molar-refractivity contribution >= 4 is 51.5 Å². The third-order valence-electron chi connectivity index (χ3n) is 7.09. The summed E-state index contributed by atoms with van der Waals surface area (Å²) in [5.41, 5.74) is 4.21. The largest absolute Gasteiger partial charge is 0.341 e. The Labute approximate surface area is 216 Å². The van der Waals surface area contributed by atoms with Gasteiger partial charge in [0.15, 0.2) is 0 Å². The van der Waals surface area contributed by atoms with E-state index in [0.717, 1.165) is 72.6 Å². The Bertz CT molecular complexity index is 1330. The Kier molecular flexibility index (Phi) is 6.92. The van der Waals surface area contributed by atoms with Gasteiger partial charge in [0.2, 0.25) is 17.8 Å². The Morgan fingerprint density at radius 3 is 2.53 bits per heavy atom. The molecule has 0 spiro atoms. The molecule has 2 saturated heterocycles. The molecule has 5 rings (SSSR count). The highest BCUT2D eigenvalue weighted by Crippen LogP contribution is 2.27. The van der Waals surface area contributed by atoms with E-state index in [1.54, 1.807) is 6.08 Å². The first-order valence-corrected chi connectivity index (χ1v) is 12.8. The minimum Gasteiger partial charge on any atom is -0.341 e. The molecule has 1 aromatic heterocycles. The number of anilines is 2. The summed E-state index contributed by atoms with van der Waals surface area (Å²) in [6, 6.07) is 13.5. The molecule has 2 fully saturated rings. The van der Waals surface area contributed by atoms with Gasteiger partial charge in [-0.2, -0.15) is 0 Å². The van der Waals surface area contributed by atoms with Gasteiger partial charge in [0.1, 0.15) is 0 Å². The normalized spacial score (nSPS) is 17.2. The zero-order valence-electron chi connectivity index (χ0n) is 20.6. The molecular formula is C28H30ClN5O2.